The van der Waals surface area contributed by atoms with Crippen LogP contribution in [0.1, 0.15) is 10.4 Å². The largest absolute Gasteiger partial charge is 0.507 e. The lowest BCUT2D eigenvalue weighted by atomic mass is 10.2. The molecule has 0 fully saturated rings. The molecule has 0 aliphatic rings. The highest BCUT2D eigenvalue weighted by Crippen LogP contribution is 2.30. The molecule has 0 spiro atoms. The molecule has 0 saturated carbocycles. The molecular weight excluding hydrogens is 397 g/mol. The fourth-order valence-electron chi connectivity index (χ4n) is 1.45. The van der Waals surface area contributed by atoms with E-state index in [2.05, 4.69) is 37.2 Å². The lowest BCUT2D eigenvalue weighted by Crippen LogP contribution is -2.12. The van der Waals surface area contributed by atoms with Crippen molar-refractivity contribution in [1.29, 1.82) is 0 Å². The SMILES string of the molecule is O=C(Nc1ccc(Br)cc1)c1cc(Cl)c(Br)cc1O. The number of aromatic hydroxyl groups is 1. The number of carbonyl (C=O) groups is 1. The highest BCUT2D eigenvalue weighted by molar-refractivity contribution is 9.10. The highest BCUT2D eigenvalue weighted by Gasteiger charge is 2.14. The third kappa shape index (κ3) is 3.49. The van der Waals surface area contributed by atoms with E-state index in [1.165, 1.54) is 12.1 Å². The minimum atomic E-state index is -0.422. The molecule has 2 aromatic rings. The molecule has 6 heteroatoms. The van der Waals surface area contributed by atoms with Gasteiger partial charge >= 0.3 is 0 Å². The van der Waals surface area contributed by atoms with E-state index in [1.54, 1.807) is 12.1 Å². The smallest absolute Gasteiger partial charge is 0.259 e. The van der Waals surface area contributed by atoms with Crippen molar-refractivity contribution in [3.05, 3.63) is 55.9 Å². The van der Waals surface area contributed by atoms with Crippen molar-refractivity contribution in [3.63, 3.8) is 0 Å². The number of hydrogen-bond donors (Lipinski definition) is 2. The van der Waals surface area contributed by atoms with Crippen LogP contribution in [0, 0.1) is 0 Å². The van der Waals surface area contributed by atoms with Gasteiger partial charge < -0.3 is 10.4 Å². The summed E-state index contributed by atoms with van der Waals surface area (Å²) in [5.41, 5.74) is 0.753. The normalized spacial score (nSPS) is 10.3. The molecule has 2 aromatic carbocycles. The van der Waals surface area contributed by atoms with Crippen LogP contribution in [-0.4, -0.2) is 11.0 Å². The second-order valence-electron chi connectivity index (χ2n) is 3.74. The van der Waals surface area contributed by atoms with Crippen LogP contribution in [0.25, 0.3) is 0 Å². The second kappa shape index (κ2) is 5.94. The number of amides is 1. The van der Waals surface area contributed by atoms with Crippen molar-refractivity contribution < 1.29 is 9.90 Å². The first kappa shape index (κ1) is 14.4. The number of phenolic OH excluding ortho intramolecular Hbond substituents is 1. The maximum absolute atomic E-state index is 12.0. The summed E-state index contributed by atoms with van der Waals surface area (Å²) >= 11 is 12.4. The number of benzene rings is 2. The van der Waals surface area contributed by atoms with Gasteiger partial charge in [0.25, 0.3) is 5.91 Å². The van der Waals surface area contributed by atoms with E-state index in [0.29, 0.717) is 15.2 Å². The van der Waals surface area contributed by atoms with Crippen molar-refractivity contribution in [3.8, 4) is 5.75 Å². The minimum absolute atomic E-state index is 0.121. The van der Waals surface area contributed by atoms with E-state index in [1.807, 2.05) is 12.1 Å². The molecule has 2 rings (SSSR count). The number of halogens is 3. The zero-order chi connectivity index (χ0) is 14.0. The molecule has 0 radical (unpaired) electrons. The van der Waals surface area contributed by atoms with Crippen LogP contribution in [0.4, 0.5) is 5.69 Å². The predicted molar refractivity (Wildman–Crippen MR) is 82.9 cm³/mol. The van der Waals surface area contributed by atoms with E-state index in [0.717, 1.165) is 4.47 Å². The number of phenols is 1. The first-order valence-electron chi connectivity index (χ1n) is 5.22. The molecule has 0 bridgehead atoms. The third-order valence-electron chi connectivity index (χ3n) is 2.39. The average molecular weight is 405 g/mol. The topological polar surface area (TPSA) is 49.3 Å². The highest BCUT2D eigenvalue weighted by atomic mass is 79.9. The molecule has 98 valence electrons. The lowest BCUT2D eigenvalue weighted by molar-refractivity contribution is 0.102. The summed E-state index contributed by atoms with van der Waals surface area (Å²) in [4.78, 5) is 12.0. The van der Waals surface area contributed by atoms with Crippen LogP contribution in [0.5, 0.6) is 5.75 Å². The van der Waals surface area contributed by atoms with E-state index in [-0.39, 0.29) is 11.3 Å². The Morgan fingerprint density at radius 2 is 1.79 bits per heavy atom. The molecular formula is C13H8Br2ClNO2. The summed E-state index contributed by atoms with van der Waals surface area (Å²) in [7, 11) is 0. The van der Waals surface area contributed by atoms with Crippen LogP contribution in [0.3, 0.4) is 0 Å². The van der Waals surface area contributed by atoms with Gasteiger partial charge in [-0.2, -0.15) is 0 Å². The van der Waals surface area contributed by atoms with Crippen LogP contribution in [0.2, 0.25) is 5.02 Å². The first-order chi connectivity index (χ1) is 8.97. The lowest BCUT2D eigenvalue weighted by Gasteiger charge is -2.08. The molecule has 0 atom stereocenters. The fourth-order valence-corrected chi connectivity index (χ4v) is 2.21. The summed E-state index contributed by atoms with van der Waals surface area (Å²) in [6.45, 7) is 0. The molecule has 0 unspecified atom stereocenters. The maximum Gasteiger partial charge on any atom is 0.259 e. The summed E-state index contributed by atoms with van der Waals surface area (Å²) in [6, 6.07) is 9.92. The number of nitrogens with one attached hydrogen (secondary N) is 1. The number of anilines is 1. The standard InChI is InChI=1S/C13H8Br2ClNO2/c14-7-1-3-8(4-2-7)17-13(19)9-5-11(16)10(15)6-12(9)18/h1-6,18H,(H,17,19). The Balaban J connectivity index is 2.25. The monoisotopic (exact) mass is 403 g/mol. The molecule has 1 amide bonds. The quantitative estimate of drug-likeness (QED) is 0.752. The molecule has 0 aliphatic carbocycles. The number of rotatable bonds is 2. The number of carbonyl (C=O) groups excluding carboxylic acids is 1. The van der Waals surface area contributed by atoms with E-state index < -0.39 is 5.91 Å². The fraction of sp³-hybridized carbons (Fsp3) is 0. The Morgan fingerprint density at radius 1 is 1.16 bits per heavy atom. The van der Waals surface area contributed by atoms with Crippen LogP contribution >= 0.6 is 43.5 Å². The van der Waals surface area contributed by atoms with Gasteiger partial charge in [-0.15, -0.1) is 0 Å². The summed E-state index contributed by atoms with van der Waals surface area (Å²) < 4.78 is 1.45. The molecule has 0 aromatic heterocycles. The Bertz CT molecular complexity index is 629. The molecule has 0 heterocycles. The minimum Gasteiger partial charge on any atom is -0.507 e. The van der Waals surface area contributed by atoms with Crippen LogP contribution < -0.4 is 5.32 Å². The molecule has 0 aliphatic heterocycles. The van der Waals surface area contributed by atoms with Gasteiger partial charge in [0, 0.05) is 14.6 Å². The Morgan fingerprint density at radius 3 is 2.42 bits per heavy atom. The Hall–Kier alpha value is -1.04. The van der Waals surface area contributed by atoms with Crippen molar-refractivity contribution in [2.45, 2.75) is 0 Å². The van der Waals surface area contributed by atoms with Crippen LogP contribution in [0.15, 0.2) is 45.3 Å². The summed E-state index contributed by atoms with van der Waals surface area (Å²) in [5.74, 6) is -0.555. The first-order valence-corrected chi connectivity index (χ1v) is 7.18. The zero-order valence-corrected chi connectivity index (χ0v) is 13.4. The van der Waals surface area contributed by atoms with Gasteiger partial charge in [-0.1, -0.05) is 27.5 Å². The van der Waals surface area contributed by atoms with Gasteiger partial charge in [0.05, 0.1) is 10.6 Å². The Labute approximate surface area is 131 Å². The van der Waals surface area contributed by atoms with Gasteiger partial charge in [0.1, 0.15) is 5.75 Å². The summed E-state index contributed by atoms with van der Waals surface area (Å²) in [5, 5.41) is 12.8. The number of hydrogen-bond acceptors (Lipinski definition) is 2. The van der Waals surface area contributed by atoms with E-state index in [9.17, 15) is 9.90 Å². The predicted octanol–water partition coefficient (Wildman–Crippen LogP) is 4.82. The molecule has 19 heavy (non-hydrogen) atoms. The van der Waals surface area contributed by atoms with Crippen molar-refractivity contribution in [2.75, 3.05) is 5.32 Å². The van der Waals surface area contributed by atoms with E-state index >= 15 is 0 Å². The van der Waals surface area contributed by atoms with Crippen molar-refractivity contribution in [2.24, 2.45) is 0 Å². The molecule has 0 saturated heterocycles. The zero-order valence-electron chi connectivity index (χ0n) is 9.45. The van der Waals surface area contributed by atoms with Gasteiger partial charge in [-0.3, -0.25) is 4.79 Å². The van der Waals surface area contributed by atoms with Crippen LogP contribution in [-0.2, 0) is 0 Å². The van der Waals surface area contributed by atoms with Crippen molar-refractivity contribution >= 4 is 55.1 Å². The molecule has 2 N–H and O–H groups in total. The molecule has 3 nitrogen and oxygen atoms in total. The van der Waals surface area contributed by atoms with Gasteiger partial charge in [0.2, 0.25) is 0 Å². The maximum atomic E-state index is 12.0. The van der Waals surface area contributed by atoms with Gasteiger partial charge in [-0.05, 0) is 52.3 Å². The average Bonchev–Trinajstić information content (AvgIpc) is 2.36. The second-order valence-corrected chi connectivity index (χ2v) is 5.92. The van der Waals surface area contributed by atoms with Gasteiger partial charge in [-0.25, -0.2) is 0 Å². The van der Waals surface area contributed by atoms with E-state index in [4.69, 9.17) is 11.6 Å². The van der Waals surface area contributed by atoms with Crippen molar-refractivity contribution in [1.82, 2.24) is 0 Å². The van der Waals surface area contributed by atoms with Gasteiger partial charge in [0.15, 0.2) is 0 Å². The third-order valence-corrected chi connectivity index (χ3v) is 4.11. The summed E-state index contributed by atoms with van der Waals surface area (Å²) in [6.07, 6.45) is 0. The Kier molecular flexibility index (Phi) is 4.50.